The molecule has 2 nitrogen and oxygen atoms in total. The molecule has 1 heterocycles. The lowest BCUT2D eigenvalue weighted by Crippen LogP contribution is -2.00. The SMILES string of the molecule is C[O+]=c1ccc(C)ccn1. The summed E-state index contributed by atoms with van der Waals surface area (Å²) in [5, 5.41) is 0. The van der Waals surface area contributed by atoms with Crippen molar-refractivity contribution in [3.63, 3.8) is 0 Å². The molecule has 0 aromatic carbocycles. The molecule has 0 atom stereocenters. The summed E-state index contributed by atoms with van der Waals surface area (Å²) >= 11 is 0. The van der Waals surface area contributed by atoms with Gasteiger partial charge in [0.1, 0.15) is 0 Å². The molecule has 0 N–H and O–H groups in total. The van der Waals surface area contributed by atoms with Crippen LogP contribution in [-0.4, -0.2) is 12.1 Å². The first-order valence-electron chi connectivity index (χ1n) is 3.13. The molecule has 0 aliphatic carbocycles. The van der Waals surface area contributed by atoms with Gasteiger partial charge in [0.15, 0.2) is 0 Å². The number of aryl methyl sites for hydroxylation is 1. The fourth-order valence-corrected chi connectivity index (χ4v) is 0.650. The minimum absolute atomic E-state index is 0.646. The van der Waals surface area contributed by atoms with E-state index in [1.165, 1.54) is 5.56 Å². The molecule has 0 spiro atoms. The molecule has 0 saturated carbocycles. The van der Waals surface area contributed by atoms with E-state index in [2.05, 4.69) is 4.98 Å². The second-order valence-corrected chi connectivity index (χ2v) is 2.06. The van der Waals surface area contributed by atoms with Crippen molar-refractivity contribution in [2.24, 2.45) is 0 Å². The highest BCUT2D eigenvalue weighted by atomic mass is 16.4. The third-order valence-electron chi connectivity index (χ3n) is 1.24. The summed E-state index contributed by atoms with van der Waals surface area (Å²) < 4.78 is 4.92. The second-order valence-electron chi connectivity index (χ2n) is 2.06. The highest BCUT2D eigenvalue weighted by Crippen LogP contribution is 1.86. The highest BCUT2D eigenvalue weighted by Gasteiger charge is 1.86. The highest BCUT2D eigenvalue weighted by molar-refractivity contribution is 5.06. The van der Waals surface area contributed by atoms with Crippen LogP contribution in [0.15, 0.2) is 28.8 Å². The topological polar surface area (TPSA) is 24.2 Å². The zero-order valence-electron chi connectivity index (χ0n) is 6.16. The summed E-state index contributed by atoms with van der Waals surface area (Å²) in [7, 11) is 1.61. The van der Waals surface area contributed by atoms with E-state index >= 15 is 0 Å². The van der Waals surface area contributed by atoms with Crippen molar-refractivity contribution in [3.8, 4) is 0 Å². The normalized spacial score (nSPS) is 11.6. The molecule has 2 heteroatoms. The molecule has 0 bridgehead atoms. The molecular weight excluding hydrogens is 126 g/mol. The van der Waals surface area contributed by atoms with Crippen LogP contribution >= 0.6 is 0 Å². The number of nitrogens with zero attached hydrogens (tertiary/aromatic N) is 1. The Morgan fingerprint density at radius 3 is 2.80 bits per heavy atom. The molecule has 1 aromatic heterocycles. The molecule has 10 heavy (non-hydrogen) atoms. The zero-order valence-corrected chi connectivity index (χ0v) is 6.16. The maximum atomic E-state index is 4.92. The van der Waals surface area contributed by atoms with Gasteiger partial charge in [-0.1, -0.05) is 0 Å². The average molecular weight is 136 g/mol. The molecule has 1 aromatic rings. The van der Waals surface area contributed by atoms with Crippen molar-refractivity contribution in [2.75, 3.05) is 7.11 Å². The molecule has 0 aliphatic rings. The van der Waals surface area contributed by atoms with Crippen molar-refractivity contribution < 1.29 is 0 Å². The van der Waals surface area contributed by atoms with Gasteiger partial charge < -0.3 is 0 Å². The lowest BCUT2D eigenvalue weighted by Gasteiger charge is -1.72. The number of hydrogen-bond acceptors (Lipinski definition) is 1. The third-order valence-corrected chi connectivity index (χ3v) is 1.24. The Bertz CT molecular complexity index is 280. The Balaban J connectivity index is 3.30. The van der Waals surface area contributed by atoms with Gasteiger partial charge in [-0.2, -0.15) is 4.98 Å². The van der Waals surface area contributed by atoms with Gasteiger partial charge in [-0.25, -0.2) is 4.42 Å². The van der Waals surface area contributed by atoms with E-state index in [0.29, 0.717) is 5.56 Å². The van der Waals surface area contributed by atoms with Gasteiger partial charge in [-0.3, -0.25) is 0 Å². The van der Waals surface area contributed by atoms with Crippen LogP contribution in [-0.2, 0) is 0 Å². The van der Waals surface area contributed by atoms with Crippen molar-refractivity contribution >= 4 is 0 Å². The van der Waals surface area contributed by atoms with Crippen LogP contribution < -0.4 is 5.56 Å². The van der Waals surface area contributed by atoms with E-state index in [4.69, 9.17) is 4.42 Å². The largest absolute Gasteiger partial charge is 0.443 e. The predicted octanol–water partition coefficient (Wildman–Crippen LogP) is 0.916. The smallest absolute Gasteiger partial charge is 0.239 e. The molecule has 52 valence electrons. The Morgan fingerprint density at radius 2 is 2.10 bits per heavy atom. The summed E-state index contributed by atoms with van der Waals surface area (Å²) in [6.45, 7) is 2.02. The van der Waals surface area contributed by atoms with E-state index in [9.17, 15) is 0 Å². The van der Waals surface area contributed by atoms with Crippen LogP contribution in [0, 0.1) is 6.92 Å². The van der Waals surface area contributed by atoms with E-state index in [1.807, 2.05) is 25.1 Å². The molecule has 0 amide bonds. The molecule has 1 rings (SSSR count). The Morgan fingerprint density at radius 1 is 1.30 bits per heavy atom. The molecule has 0 saturated heterocycles. The minimum Gasteiger partial charge on any atom is -0.239 e. The molecule has 0 aliphatic heterocycles. The predicted molar refractivity (Wildman–Crippen MR) is 41.2 cm³/mol. The van der Waals surface area contributed by atoms with Crippen molar-refractivity contribution in [2.45, 2.75) is 6.92 Å². The van der Waals surface area contributed by atoms with Gasteiger partial charge >= 0.3 is 5.56 Å². The van der Waals surface area contributed by atoms with E-state index in [1.54, 1.807) is 13.3 Å². The standard InChI is InChI=1S/C8H10NO/c1-7-3-4-8(10-2)9-6-5-7/h3-6H,1-2H3/q+1. The number of rotatable bonds is 0. The van der Waals surface area contributed by atoms with Crippen LogP contribution in [0.2, 0.25) is 0 Å². The first-order chi connectivity index (χ1) is 4.83. The van der Waals surface area contributed by atoms with Gasteiger partial charge in [-0.15, -0.1) is 0 Å². The zero-order chi connectivity index (χ0) is 7.40. The minimum atomic E-state index is 0.646. The average Bonchev–Trinajstić information content (AvgIpc) is 2.14. The van der Waals surface area contributed by atoms with E-state index in [-0.39, 0.29) is 0 Å². The van der Waals surface area contributed by atoms with Crippen LogP contribution in [0.4, 0.5) is 0 Å². The first-order valence-corrected chi connectivity index (χ1v) is 3.13. The summed E-state index contributed by atoms with van der Waals surface area (Å²) in [6.07, 6.45) is 1.73. The van der Waals surface area contributed by atoms with Gasteiger partial charge in [0.05, 0.1) is 6.07 Å². The molecule has 0 fully saturated rings. The van der Waals surface area contributed by atoms with Crippen molar-refractivity contribution in [1.29, 1.82) is 0 Å². The maximum Gasteiger partial charge on any atom is 0.443 e. The Kier molecular flexibility index (Phi) is 2.15. The van der Waals surface area contributed by atoms with Gasteiger partial charge in [0.25, 0.3) is 7.11 Å². The van der Waals surface area contributed by atoms with Crippen LogP contribution in [0.3, 0.4) is 0 Å². The summed E-state index contributed by atoms with van der Waals surface area (Å²) in [5.41, 5.74) is 1.82. The fourth-order valence-electron chi connectivity index (χ4n) is 0.650. The molecule has 0 radical (unpaired) electrons. The van der Waals surface area contributed by atoms with Gasteiger partial charge in [0, 0.05) is 6.20 Å². The van der Waals surface area contributed by atoms with Gasteiger partial charge in [0.2, 0.25) is 0 Å². The van der Waals surface area contributed by atoms with Crippen molar-refractivity contribution in [1.82, 2.24) is 4.98 Å². The Labute approximate surface area is 59.9 Å². The maximum absolute atomic E-state index is 4.92. The van der Waals surface area contributed by atoms with Crippen LogP contribution in [0.25, 0.3) is 0 Å². The van der Waals surface area contributed by atoms with E-state index in [0.717, 1.165) is 0 Å². The van der Waals surface area contributed by atoms with Gasteiger partial charge in [-0.05, 0) is 24.6 Å². The monoisotopic (exact) mass is 136 g/mol. The summed E-state index contributed by atoms with van der Waals surface area (Å²) in [6, 6.07) is 5.74. The van der Waals surface area contributed by atoms with Crippen LogP contribution in [0.5, 0.6) is 0 Å². The second kappa shape index (κ2) is 3.11. The summed E-state index contributed by atoms with van der Waals surface area (Å²) in [5.74, 6) is 0. The quantitative estimate of drug-likeness (QED) is 0.486. The number of hydrogen-bond donors (Lipinski definition) is 0. The molecular formula is C8H10NO+. The third kappa shape index (κ3) is 1.65. The van der Waals surface area contributed by atoms with E-state index < -0.39 is 0 Å². The fraction of sp³-hybridized carbons (Fsp3) is 0.250. The van der Waals surface area contributed by atoms with Crippen molar-refractivity contribution in [3.05, 3.63) is 39.9 Å². The lowest BCUT2D eigenvalue weighted by atomic mass is 10.3. The molecule has 0 unspecified atom stereocenters. The van der Waals surface area contributed by atoms with Crippen LogP contribution in [0.1, 0.15) is 5.56 Å². The lowest BCUT2D eigenvalue weighted by molar-refractivity contribution is 1.24. The summed E-state index contributed by atoms with van der Waals surface area (Å²) in [4.78, 5) is 4.00. The Hall–Kier alpha value is -1.18. The first kappa shape index (κ1) is 6.93. The number of aromatic nitrogens is 1.